The van der Waals surface area contributed by atoms with E-state index in [1.807, 2.05) is 24.3 Å². The molecule has 8 nitrogen and oxygen atoms in total. The van der Waals surface area contributed by atoms with E-state index in [0.717, 1.165) is 37.3 Å². The number of benzene rings is 1. The first-order valence-corrected chi connectivity index (χ1v) is 8.84. The number of amides is 3. The molecule has 2 aromatic rings. The van der Waals surface area contributed by atoms with Crippen molar-refractivity contribution < 1.29 is 14.3 Å². The van der Waals surface area contributed by atoms with Crippen LogP contribution in [0.3, 0.4) is 0 Å². The summed E-state index contributed by atoms with van der Waals surface area (Å²) < 4.78 is 4.54. The highest BCUT2D eigenvalue weighted by Gasteiger charge is 2.17. The molecule has 1 aliphatic heterocycles. The molecule has 3 amide bonds. The summed E-state index contributed by atoms with van der Waals surface area (Å²) in [4.78, 5) is 30.0. The van der Waals surface area contributed by atoms with Gasteiger partial charge in [0.25, 0.3) is 0 Å². The molecule has 0 unspecified atom stereocenters. The van der Waals surface area contributed by atoms with Crippen molar-refractivity contribution in [3.8, 4) is 0 Å². The van der Waals surface area contributed by atoms with Gasteiger partial charge >= 0.3 is 12.1 Å². The van der Waals surface area contributed by atoms with Crippen LogP contribution in [0, 0.1) is 0 Å². The number of nitrogens with zero attached hydrogens (tertiary/aromatic N) is 2. The monoisotopic (exact) mass is 369 g/mol. The maximum Gasteiger partial charge on any atom is 0.411 e. The van der Waals surface area contributed by atoms with Gasteiger partial charge in [0.1, 0.15) is 0 Å². The largest absolute Gasteiger partial charge is 0.453 e. The van der Waals surface area contributed by atoms with Gasteiger partial charge in [0.2, 0.25) is 0 Å². The van der Waals surface area contributed by atoms with Crippen LogP contribution in [0.15, 0.2) is 42.6 Å². The Kier molecular flexibility index (Phi) is 6.09. The van der Waals surface area contributed by atoms with Crippen molar-refractivity contribution in [3.63, 3.8) is 0 Å². The molecule has 2 heterocycles. The van der Waals surface area contributed by atoms with Gasteiger partial charge in [-0.1, -0.05) is 12.1 Å². The maximum atomic E-state index is 12.3. The molecule has 3 rings (SSSR count). The molecule has 0 bridgehead atoms. The minimum absolute atomic E-state index is 0.291. The topological polar surface area (TPSA) is 95.6 Å². The summed E-state index contributed by atoms with van der Waals surface area (Å²) in [6, 6.07) is 10.5. The van der Waals surface area contributed by atoms with Crippen LogP contribution >= 0.6 is 0 Å². The summed E-state index contributed by atoms with van der Waals surface area (Å²) in [6.45, 7) is 2.28. The van der Waals surface area contributed by atoms with E-state index in [1.54, 1.807) is 18.3 Å². The van der Waals surface area contributed by atoms with Crippen LogP contribution in [0.25, 0.3) is 0 Å². The second-order valence-corrected chi connectivity index (χ2v) is 6.19. The van der Waals surface area contributed by atoms with Gasteiger partial charge in [-0.3, -0.25) is 5.32 Å². The van der Waals surface area contributed by atoms with E-state index in [-0.39, 0.29) is 6.03 Å². The molecule has 1 saturated heterocycles. The number of urea groups is 1. The fourth-order valence-corrected chi connectivity index (χ4v) is 2.90. The van der Waals surface area contributed by atoms with Gasteiger partial charge in [0, 0.05) is 31.5 Å². The van der Waals surface area contributed by atoms with Gasteiger partial charge in [-0.05, 0) is 42.7 Å². The van der Waals surface area contributed by atoms with Gasteiger partial charge in [-0.25, -0.2) is 14.6 Å². The summed E-state index contributed by atoms with van der Waals surface area (Å²) in [5, 5.41) is 8.28. The molecule has 8 heteroatoms. The number of hydrogen-bond donors (Lipinski definition) is 3. The third kappa shape index (κ3) is 5.10. The van der Waals surface area contributed by atoms with E-state index in [1.165, 1.54) is 7.11 Å². The lowest BCUT2D eigenvalue weighted by atomic mass is 10.2. The first kappa shape index (κ1) is 18.5. The molecular weight excluding hydrogens is 346 g/mol. The van der Waals surface area contributed by atoms with E-state index in [2.05, 4.69) is 30.6 Å². The number of methoxy groups -OCH3 is 1. The van der Waals surface area contributed by atoms with Crippen molar-refractivity contribution in [1.29, 1.82) is 0 Å². The summed E-state index contributed by atoms with van der Waals surface area (Å²) in [5.41, 5.74) is 2.24. The van der Waals surface area contributed by atoms with Gasteiger partial charge in [-0.15, -0.1) is 0 Å². The molecular formula is C19H23N5O3. The Hall–Kier alpha value is -3.29. The molecule has 1 aromatic heterocycles. The average Bonchev–Trinajstić information content (AvgIpc) is 3.22. The smallest absolute Gasteiger partial charge is 0.411 e. The number of hydrogen-bond acceptors (Lipinski definition) is 5. The summed E-state index contributed by atoms with van der Waals surface area (Å²) >= 11 is 0. The molecule has 3 N–H and O–H groups in total. The molecule has 0 spiro atoms. The van der Waals surface area contributed by atoms with Crippen LogP contribution in [-0.2, 0) is 11.3 Å². The first-order chi connectivity index (χ1) is 13.2. The van der Waals surface area contributed by atoms with Gasteiger partial charge in [-0.2, -0.15) is 0 Å². The van der Waals surface area contributed by atoms with Crippen LogP contribution in [0.2, 0.25) is 0 Å². The number of ether oxygens (including phenoxy) is 1. The number of anilines is 3. The van der Waals surface area contributed by atoms with Crippen molar-refractivity contribution in [2.45, 2.75) is 19.4 Å². The molecule has 1 fully saturated rings. The van der Waals surface area contributed by atoms with Crippen LogP contribution in [0.5, 0.6) is 0 Å². The standard InChI is InChI=1S/C19H23N5O3/c1-27-19(26)22-15-8-6-14(7-9-15)13-21-18(25)23-16-5-4-10-20-17(16)24-11-2-3-12-24/h4-10H,2-3,11-13H2,1H3,(H,22,26)(H2,21,23,25). The van der Waals surface area contributed by atoms with E-state index in [0.29, 0.717) is 17.9 Å². The molecule has 0 saturated carbocycles. The Morgan fingerprint density at radius 2 is 1.85 bits per heavy atom. The minimum atomic E-state index is -0.523. The second kappa shape index (κ2) is 8.88. The highest BCUT2D eigenvalue weighted by atomic mass is 16.5. The van der Waals surface area contributed by atoms with Gasteiger partial charge in [0.05, 0.1) is 12.8 Å². The summed E-state index contributed by atoms with van der Waals surface area (Å²) in [5.74, 6) is 0.809. The van der Waals surface area contributed by atoms with Crippen LogP contribution in [0.1, 0.15) is 18.4 Å². The Morgan fingerprint density at radius 3 is 2.56 bits per heavy atom. The number of pyridine rings is 1. The predicted molar refractivity (Wildman–Crippen MR) is 104 cm³/mol. The quantitative estimate of drug-likeness (QED) is 0.752. The predicted octanol–water partition coefficient (Wildman–Crippen LogP) is 3.18. The summed E-state index contributed by atoms with van der Waals surface area (Å²) in [7, 11) is 1.31. The van der Waals surface area contributed by atoms with Gasteiger partial charge < -0.3 is 20.3 Å². The zero-order valence-electron chi connectivity index (χ0n) is 15.2. The van der Waals surface area contributed by atoms with E-state index < -0.39 is 6.09 Å². The number of carbonyl (C=O) groups is 2. The molecule has 1 aromatic carbocycles. The molecule has 142 valence electrons. The minimum Gasteiger partial charge on any atom is -0.453 e. The average molecular weight is 369 g/mol. The fourth-order valence-electron chi connectivity index (χ4n) is 2.90. The van der Waals surface area contributed by atoms with E-state index >= 15 is 0 Å². The van der Waals surface area contributed by atoms with Crippen LogP contribution in [0.4, 0.5) is 26.8 Å². The highest BCUT2D eigenvalue weighted by Crippen LogP contribution is 2.25. The molecule has 27 heavy (non-hydrogen) atoms. The van der Waals surface area contributed by atoms with Crippen molar-refractivity contribution in [3.05, 3.63) is 48.2 Å². The number of aromatic nitrogens is 1. The Bertz CT molecular complexity index is 788. The zero-order valence-corrected chi connectivity index (χ0v) is 15.2. The van der Waals surface area contributed by atoms with E-state index in [9.17, 15) is 9.59 Å². The molecule has 1 aliphatic rings. The molecule has 0 radical (unpaired) electrons. The highest BCUT2D eigenvalue weighted by molar-refractivity contribution is 5.92. The first-order valence-electron chi connectivity index (χ1n) is 8.84. The van der Waals surface area contributed by atoms with E-state index in [4.69, 9.17) is 0 Å². The number of nitrogens with one attached hydrogen (secondary N) is 3. The van der Waals surface area contributed by atoms with Crippen molar-refractivity contribution in [2.24, 2.45) is 0 Å². The van der Waals surface area contributed by atoms with Crippen LogP contribution < -0.4 is 20.9 Å². The fraction of sp³-hybridized carbons (Fsp3) is 0.316. The molecule has 0 atom stereocenters. The van der Waals surface area contributed by atoms with Crippen molar-refractivity contribution in [1.82, 2.24) is 10.3 Å². The Balaban J connectivity index is 1.53. The maximum absolute atomic E-state index is 12.3. The van der Waals surface area contributed by atoms with Crippen molar-refractivity contribution >= 4 is 29.3 Å². The third-order valence-corrected chi connectivity index (χ3v) is 4.28. The lowest BCUT2D eigenvalue weighted by Gasteiger charge is -2.20. The Labute approximate surface area is 157 Å². The summed E-state index contributed by atoms with van der Waals surface area (Å²) in [6.07, 6.45) is 3.50. The van der Waals surface area contributed by atoms with Crippen molar-refractivity contribution in [2.75, 3.05) is 35.7 Å². The third-order valence-electron chi connectivity index (χ3n) is 4.28. The SMILES string of the molecule is COC(=O)Nc1ccc(CNC(=O)Nc2cccnc2N2CCCC2)cc1. The van der Waals surface area contributed by atoms with Crippen LogP contribution in [-0.4, -0.2) is 37.3 Å². The van der Waals surface area contributed by atoms with Gasteiger partial charge in [0.15, 0.2) is 5.82 Å². The number of carbonyl (C=O) groups excluding carboxylic acids is 2. The second-order valence-electron chi connectivity index (χ2n) is 6.19. The normalized spacial score (nSPS) is 13.1. The molecule has 0 aliphatic carbocycles. The number of rotatable bonds is 5. The zero-order chi connectivity index (χ0) is 19.1. The lowest BCUT2D eigenvalue weighted by molar-refractivity contribution is 0.187. The Morgan fingerprint density at radius 1 is 1.11 bits per heavy atom. The lowest BCUT2D eigenvalue weighted by Crippen LogP contribution is -2.29.